The highest BCUT2D eigenvalue weighted by Gasteiger charge is 2.31. The second-order valence-corrected chi connectivity index (χ2v) is 11.3. The van der Waals surface area contributed by atoms with E-state index in [4.69, 9.17) is 0 Å². The maximum Gasteiger partial charge on any atom is 0.253 e. The summed E-state index contributed by atoms with van der Waals surface area (Å²) in [4.78, 5) is 25.4. The number of carbonyl (C=O) groups excluding carboxylic acids is 2. The van der Waals surface area contributed by atoms with E-state index < -0.39 is 10.0 Å². The molecule has 3 rings (SSSR count). The molecule has 1 fully saturated rings. The van der Waals surface area contributed by atoms with Gasteiger partial charge in [-0.25, -0.2) is 12.7 Å². The number of carbonyl (C=O) groups is 2. The molecule has 1 heterocycles. The number of sulfonamides is 1. The molecule has 0 radical (unpaired) electrons. The Hall–Kier alpha value is -2.71. The van der Waals surface area contributed by atoms with Crippen molar-refractivity contribution in [1.29, 1.82) is 0 Å². The molecule has 2 aromatic carbocycles. The fourth-order valence-corrected chi connectivity index (χ4v) is 5.58. The molecular formula is C26H35N3O4S. The third-order valence-corrected chi connectivity index (χ3v) is 7.99. The van der Waals surface area contributed by atoms with Crippen LogP contribution in [0.25, 0.3) is 0 Å². The Morgan fingerprint density at radius 3 is 2.32 bits per heavy atom. The molecule has 1 aliphatic heterocycles. The van der Waals surface area contributed by atoms with Crippen LogP contribution < -0.4 is 10.6 Å². The highest BCUT2D eigenvalue weighted by molar-refractivity contribution is 7.89. The summed E-state index contributed by atoms with van der Waals surface area (Å²) in [7, 11) is -3.34. The Kier molecular flexibility index (Phi) is 9.24. The molecule has 0 unspecified atom stereocenters. The van der Waals surface area contributed by atoms with E-state index in [1.807, 2.05) is 44.2 Å². The number of aryl methyl sites for hydroxylation is 1. The molecule has 2 aromatic rings. The SMILES string of the molecule is CC(C)CNC(=O)c1ccccc1NC(=O)C1CCN(S(=O)(=O)CCCc2ccccc2)CC1. The number of anilines is 1. The molecular weight excluding hydrogens is 450 g/mol. The minimum Gasteiger partial charge on any atom is -0.352 e. The highest BCUT2D eigenvalue weighted by atomic mass is 32.2. The summed E-state index contributed by atoms with van der Waals surface area (Å²) in [5.74, 6) is -0.253. The van der Waals surface area contributed by atoms with Crippen LogP contribution in [-0.4, -0.2) is 49.9 Å². The minimum absolute atomic E-state index is 0.109. The zero-order valence-corrected chi connectivity index (χ0v) is 20.8. The monoisotopic (exact) mass is 485 g/mol. The average molecular weight is 486 g/mol. The third-order valence-electron chi connectivity index (χ3n) is 6.03. The van der Waals surface area contributed by atoms with E-state index in [-0.39, 0.29) is 23.5 Å². The second-order valence-electron chi connectivity index (χ2n) is 9.22. The van der Waals surface area contributed by atoms with Crippen molar-refractivity contribution < 1.29 is 18.0 Å². The van der Waals surface area contributed by atoms with Gasteiger partial charge < -0.3 is 10.6 Å². The first-order valence-electron chi connectivity index (χ1n) is 12.0. The van der Waals surface area contributed by atoms with Gasteiger partial charge in [0.1, 0.15) is 0 Å². The maximum absolute atomic E-state index is 12.9. The molecule has 0 atom stereocenters. The van der Waals surface area contributed by atoms with Crippen LogP contribution in [0, 0.1) is 11.8 Å². The molecule has 0 saturated carbocycles. The van der Waals surface area contributed by atoms with E-state index in [2.05, 4.69) is 10.6 Å². The molecule has 184 valence electrons. The highest BCUT2D eigenvalue weighted by Crippen LogP contribution is 2.23. The number of benzene rings is 2. The van der Waals surface area contributed by atoms with Gasteiger partial charge in [0.15, 0.2) is 0 Å². The van der Waals surface area contributed by atoms with E-state index in [0.717, 1.165) is 12.0 Å². The smallest absolute Gasteiger partial charge is 0.253 e. The van der Waals surface area contributed by atoms with Crippen molar-refractivity contribution in [1.82, 2.24) is 9.62 Å². The van der Waals surface area contributed by atoms with Gasteiger partial charge in [-0.1, -0.05) is 56.3 Å². The summed E-state index contributed by atoms with van der Waals surface area (Å²) in [5, 5.41) is 5.76. The van der Waals surface area contributed by atoms with Gasteiger partial charge in [0, 0.05) is 25.6 Å². The van der Waals surface area contributed by atoms with Gasteiger partial charge >= 0.3 is 0 Å². The molecule has 2 amide bonds. The maximum atomic E-state index is 12.9. The number of para-hydroxylation sites is 1. The van der Waals surface area contributed by atoms with Crippen molar-refractivity contribution >= 4 is 27.5 Å². The van der Waals surface area contributed by atoms with Gasteiger partial charge in [0.05, 0.1) is 17.0 Å². The Labute approximate surface area is 203 Å². The number of rotatable bonds is 10. The van der Waals surface area contributed by atoms with Crippen molar-refractivity contribution in [2.75, 3.05) is 30.7 Å². The van der Waals surface area contributed by atoms with Gasteiger partial charge in [0.2, 0.25) is 15.9 Å². The summed E-state index contributed by atoms with van der Waals surface area (Å²) >= 11 is 0. The normalized spacial score (nSPS) is 15.3. The molecule has 2 N–H and O–H groups in total. The lowest BCUT2D eigenvalue weighted by Crippen LogP contribution is -2.42. The van der Waals surface area contributed by atoms with Gasteiger partial charge in [0.25, 0.3) is 5.91 Å². The Balaban J connectivity index is 1.50. The molecule has 0 bridgehead atoms. The van der Waals surface area contributed by atoms with Gasteiger partial charge in [-0.05, 0) is 49.3 Å². The summed E-state index contributed by atoms with van der Waals surface area (Å²) in [5.41, 5.74) is 2.03. The van der Waals surface area contributed by atoms with Crippen molar-refractivity contribution in [3.8, 4) is 0 Å². The minimum atomic E-state index is -3.34. The molecule has 0 aromatic heterocycles. The fourth-order valence-electron chi connectivity index (χ4n) is 4.05. The lowest BCUT2D eigenvalue weighted by Gasteiger charge is -2.30. The van der Waals surface area contributed by atoms with Gasteiger partial charge in [-0.15, -0.1) is 0 Å². The van der Waals surface area contributed by atoms with E-state index in [9.17, 15) is 18.0 Å². The first kappa shape index (κ1) is 25.9. The van der Waals surface area contributed by atoms with Crippen molar-refractivity contribution in [3.63, 3.8) is 0 Å². The lowest BCUT2D eigenvalue weighted by molar-refractivity contribution is -0.120. The quantitative estimate of drug-likeness (QED) is 0.537. The van der Waals surface area contributed by atoms with Crippen LogP contribution in [0.1, 0.15) is 49.0 Å². The van der Waals surface area contributed by atoms with Gasteiger partial charge in [-0.3, -0.25) is 9.59 Å². The van der Waals surface area contributed by atoms with Crippen LogP contribution in [-0.2, 0) is 21.2 Å². The number of nitrogens with zero attached hydrogens (tertiary/aromatic N) is 1. The van der Waals surface area contributed by atoms with E-state index in [1.54, 1.807) is 24.3 Å². The van der Waals surface area contributed by atoms with E-state index >= 15 is 0 Å². The number of piperidine rings is 1. The zero-order chi connectivity index (χ0) is 24.6. The van der Waals surface area contributed by atoms with Crippen LogP contribution in [0.15, 0.2) is 54.6 Å². The molecule has 0 spiro atoms. The number of hydrogen-bond acceptors (Lipinski definition) is 4. The predicted molar refractivity (Wildman–Crippen MR) is 135 cm³/mol. The largest absolute Gasteiger partial charge is 0.352 e. The molecule has 1 saturated heterocycles. The number of hydrogen-bond donors (Lipinski definition) is 2. The molecule has 8 heteroatoms. The summed E-state index contributed by atoms with van der Waals surface area (Å²) in [6.45, 7) is 5.26. The van der Waals surface area contributed by atoms with Crippen LogP contribution in [0.5, 0.6) is 0 Å². The fraction of sp³-hybridized carbons (Fsp3) is 0.462. The number of nitrogens with one attached hydrogen (secondary N) is 2. The summed E-state index contributed by atoms with van der Waals surface area (Å²) in [6, 6.07) is 16.8. The van der Waals surface area contributed by atoms with Crippen LogP contribution in [0.3, 0.4) is 0 Å². The second kappa shape index (κ2) is 12.1. The van der Waals surface area contributed by atoms with Crippen molar-refractivity contribution in [2.45, 2.75) is 39.5 Å². The first-order chi connectivity index (χ1) is 16.3. The van der Waals surface area contributed by atoms with Gasteiger partial charge in [-0.2, -0.15) is 0 Å². The molecule has 0 aliphatic carbocycles. The Morgan fingerprint density at radius 1 is 1.00 bits per heavy atom. The lowest BCUT2D eigenvalue weighted by atomic mass is 9.97. The van der Waals surface area contributed by atoms with Crippen LogP contribution in [0.4, 0.5) is 5.69 Å². The Bertz CT molecular complexity index is 1060. The summed E-state index contributed by atoms with van der Waals surface area (Å²) < 4.78 is 27.0. The number of amides is 2. The van der Waals surface area contributed by atoms with Crippen molar-refractivity contribution in [3.05, 3.63) is 65.7 Å². The molecule has 7 nitrogen and oxygen atoms in total. The summed E-state index contributed by atoms with van der Waals surface area (Å²) in [6.07, 6.45) is 2.22. The van der Waals surface area contributed by atoms with Crippen LogP contribution in [0.2, 0.25) is 0 Å². The van der Waals surface area contributed by atoms with Crippen LogP contribution >= 0.6 is 0 Å². The first-order valence-corrected chi connectivity index (χ1v) is 13.6. The van der Waals surface area contributed by atoms with Crippen molar-refractivity contribution in [2.24, 2.45) is 11.8 Å². The predicted octanol–water partition coefficient (Wildman–Crippen LogP) is 3.69. The standard InChI is InChI=1S/C26H35N3O4S/c1-20(2)19-27-26(31)23-12-6-7-13-24(23)28-25(30)22-14-16-29(17-15-22)34(32,33)18-8-11-21-9-4-3-5-10-21/h3-7,9-10,12-13,20,22H,8,11,14-19H2,1-2H3,(H,27,31)(H,28,30). The van der Waals surface area contributed by atoms with E-state index in [0.29, 0.717) is 56.1 Å². The third kappa shape index (κ3) is 7.40. The zero-order valence-electron chi connectivity index (χ0n) is 20.0. The Morgan fingerprint density at radius 2 is 1.65 bits per heavy atom. The topological polar surface area (TPSA) is 95.6 Å². The molecule has 1 aliphatic rings. The molecule has 34 heavy (non-hydrogen) atoms. The van der Waals surface area contributed by atoms with E-state index in [1.165, 1.54) is 4.31 Å². The average Bonchev–Trinajstić information content (AvgIpc) is 2.83.